The van der Waals surface area contributed by atoms with Crippen LogP contribution in [0.25, 0.3) is 0 Å². The van der Waals surface area contributed by atoms with E-state index in [2.05, 4.69) is 6.92 Å². The molecular weight excluding hydrogens is 152 g/mol. The molecule has 0 aromatic carbocycles. The van der Waals surface area contributed by atoms with Crippen molar-refractivity contribution in [3.63, 3.8) is 0 Å². The van der Waals surface area contributed by atoms with Gasteiger partial charge >= 0.3 is 0 Å². The van der Waals surface area contributed by atoms with E-state index < -0.39 is 0 Å². The first-order valence-electron chi connectivity index (χ1n) is 4.59. The van der Waals surface area contributed by atoms with Gasteiger partial charge in [-0.2, -0.15) is 0 Å². The fourth-order valence-corrected chi connectivity index (χ4v) is 1.78. The fraction of sp³-hybridized carbons (Fsp3) is 0.889. The molecule has 0 aromatic heterocycles. The molecule has 1 heterocycles. The third-order valence-corrected chi connectivity index (χ3v) is 2.80. The third kappa shape index (κ3) is 1.97. The first kappa shape index (κ1) is 9.52. The summed E-state index contributed by atoms with van der Waals surface area (Å²) in [6.45, 7) is 3.83. The second-order valence-electron chi connectivity index (χ2n) is 3.79. The number of carbonyl (C=O) groups excluding carboxylic acids is 1. The Balaban J connectivity index is 2.40. The molecule has 1 rings (SSSR count). The molecule has 3 heteroatoms. The van der Waals surface area contributed by atoms with Gasteiger partial charge in [0.2, 0.25) is 5.91 Å². The van der Waals surface area contributed by atoms with Gasteiger partial charge in [0.25, 0.3) is 0 Å². The van der Waals surface area contributed by atoms with Gasteiger partial charge in [0, 0.05) is 20.0 Å². The van der Waals surface area contributed by atoms with Crippen LogP contribution in [0.15, 0.2) is 0 Å². The van der Waals surface area contributed by atoms with Crippen molar-refractivity contribution in [2.24, 2.45) is 17.6 Å². The van der Waals surface area contributed by atoms with Gasteiger partial charge in [-0.1, -0.05) is 6.92 Å². The summed E-state index contributed by atoms with van der Waals surface area (Å²) in [5, 5.41) is 0. The Kier molecular flexibility index (Phi) is 3.09. The summed E-state index contributed by atoms with van der Waals surface area (Å²) in [5.74, 6) is 1.40. The van der Waals surface area contributed by atoms with E-state index in [0.717, 1.165) is 25.9 Å². The zero-order valence-electron chi connectivity index (χ0n) is 7.92. The molecule has 12 heavy (non-hydrogen) atoms. The van der Waals surface area contributed by atoms with E-state index in [1.807, 2.05) is 11.9 Å². The van der Waals surface area contributed by atoms with E-state index in [0.29, 0.717) is 11.8 Å². The minimum absolute atomic E-state index is 0.281. The maximum absolute atomic E-state index is 11.2. The molecule has 0 spiro atoms. The number of likely N-dealkylation sites (tertiary alicyclic amines) is 1. The fourth-order valence-electron chi connectivity index (χ4n) is 1.78. The summed E-state index contributed by atoms with van der Waals surface area (Å²) in [7, 11) is 1.87. The Morgan fingerprint density at radius 2 is 2.42 bits per heavy atom. The van der Waals surface area contributed by atoms with Gasteiger partial charge in [0.15, 0.2) is 0 Å². The molecule has 1 aliphatic rings. The van der Waals surface area contributed by atoms with E-state index in [1.54, 1.807) is 0 Å². The van der Waals surface area contributed by atoms with Gasteiger partial charge in [-0.3, -0.25) is 4.79 Å². The molecule has 70 valence electrons. The molecule has 2 atom stereocenters. The van der Waals surface area contributed by atoms with Crippen molar-refractivity contribution in [1.29, 1.82) is 0 Å². The van der Waals surface area contributed by atoms with E-state index in [9.17, 15) is 4.79 Å². The Bertz CT molecular complexity index is 170. The predicted octanol–water partition coefficient (Wildman–Crippen LogP) is 0.450. The van der Waals surface area contributed by atoms with E-state index in [4.69, 9.17) is 5.73 Å². The van der Waals surface area contributed by atoms with Crippen molar-refractivity contribution in [1.82, 2.24) is 4.90 Å². The lowest BCUT2D eigenvalue weighted by atomic mass is 9.90. The maximum Gasteiger partial charge on any atom is 0.222 e. The molecule has 0 aromatic rings. The number of rotatable bonds is 3. The standard InChI is InChI=1S/C9H18N2O/c1-7(3-4-10)8-5-9(12)11(2)6-8/h7-8H,3-6,10H2,1-2H3. The number of nitrogens with two attached hydrogens (primary N) is 1. The highest BCUT2D eigenvalue weighted by molar-refractivity contribution is 5.78. The van der Waals surface area contributed by atoms with Gasteiger partial charge < -0.3 is 10.6 Å². The van der Waals surface area contributed by atoms with Crippen LogP contribution >= 0.6 is 0 Å². The van der Waals surface area contributed by atoms with Crippen molar-refractivity contribution in [3.8, 4) is 0 Å². The summed E-state index contributed by atoms with van der Waals surface area (Å²) in [4.78, 5) is 13.0. The highest BCUT2D eigenvalue weighted by atomic mass is 16.2. The largest absolute Gasteiger partial charge is 0.345 e. The monoisotopic (exact) mass is 170 g/mol. The molecular formula is C9H18N2O. The zero-order chi connectivity index (χ0) is 9.14. The van der Waals surface area contributed by atoms with Gasteiger partial charge in [0.1, 0.15) is 0 Å². The molecule has 0 aliphatic carbocycles. The smallest absolute Gasteiger partial charge is 0.222 e. The van der Waals surface area contributed by atoms with Gasteiger partial charge in [0.05, 0.1) is 0 Å². The van der Waals surface area contributed by atoms with Crippen LogP contribution in [0.2, 0.25) is 0 Å². The lowest BCUT2D eigenvalue weighted by molar-refractivity contribution is -0.126. The number of amides is 1. The second kappa shape index (κ2) is 3.90. The number of nitrogens with zero attached hydrogens (tertiary/aromatic N) is 1. The average molecular weight is 170 g/mol. The summed E-state index contributed by atoms with van der Waals surface area (Å²) < 4.78 is 0. The molecule has 1 fully saturated rings. The van der Waals surface area contributed by atoms with Crippen molar-refractivity contribution >= 4 is 5.91 Å². The van der Waals surface area contributed by atoms with Gasteiger partial charge in [-0.15, -0.1) is 0 Å². The Morgan fingerprint density at radius 3 is 2.83 bits per heavy atom. The Hall–Kier alpha value is -0.570. The second-order valence-corrected chi connectivity index (χ2v) is 3.79. The Labute approximate surface area is 73.9 Å². The quantitative estimate of drug-likeness (QED) is 0.668. The van der Waals surface area contributed by atoms with Crippen LogP contribution in [0.4, 0.5) is 0 Å². The molecule has 1 saturated heterocycles. The average Bonchev–Trinajstić information content (AvgIpc) is 2.33. The maximum atomic E-state index is 11.2. The number of hydrogen-bond acceptors (Lipinski definition) is 2. The molecule has 3 nitrogen and oxygen atoms in total. The minimum atomic E-state index is 0.281. The lowest BCUT2D eigenvalue weighted by Crippen LogP contribution is -2.21. The molecule has 1 aliphatic heterocycles. The van der Waals surface area contributed by atoms with E-state index >= 15 is 0 Å². The van der Waals surface area contributed by atoms with Gasteiger partial charge in [-0.25, -0.2) is 0 Å². The summed E-state index contributed by atoms with van der Waals surface area (Å²) in [5.41, 5.74) is 5.47. The van der Waals surface area contributed by atoms with E-state index in [1.165, 1.54) is 0 Å². The van der Waals surface area contributed by atoms with Crippen LogP contribution in [0.1, 0.15) is 19.8 Å². The lowest BCUT2D eigenvalue weighted by Gasteiger charge is -2.17. The first-order chi connectivity index (χ1) is 5.65. The summed E-state index contributed by atoms with van der Waals surface area (Å²) in [6.07, 6.45) is 1.75. The predicted molar refractivity (Wildman–Crippen MR) is 48.6 cm³/mol. The van der Waals surface area contributed by atoms with Crippen LogP contribution in [0.3, 0.4) is 0 Å². The van der Waals surface area contributed by atoms with Crippen molar-refractivity contribution < 1.29 is 4.79 Å². The van der Waals surface area contributed by atoms with Crippen molar-refractivity contribution in [2.75, 3.05) is 20.1 Å². The number of carbonyl (C=O) groups is 1. The third-order valence-electron chi connectivity index (χ3n) is 2.80. The Morgan fingerprint density at radius 1 is 1.75 bits per heavy atom. The minimum Gasteiger partial charge on any atom is -0.345 e. The highest BCUT2D eigenvalue weighted by Crippen LogP contribution is 2.25. The molecule has 1 amide bonds. The molecule has 0 radical (unpaired) electrons. The molecule has 2 N–H and O–H groups in total. The van der Waals surface area contributed by atoms with Crippen LogP contribution < -0.4 is 5.73 Å². The summed E-state index contributed by atoms with van der Waals surface area (Å²) >= 11 is 0. The number of hydrogen-bond donors (Lipinski definition) is 1. The molecule has 0 saturated carbocycles. The zero-order valence-corrected chi connectivity index (χ0v) is 7.92. The molecule has 0 bridgehead atoms. The van der Waals surface area contributed by atoms with Gasteiger partial charge in [-0.05, 0) is 24.8 Å². The van der Waals surface area contributed by atoms with Crippen LogP contribution in [0, 0.1) is 11.8 Å². The van der Waals surface area contributed by atoms with Crippen LogP contribution in [-0.2, 0) is 4.79 Å². The normalized spacial score (nSPS) is 26.4. The van der Waals surface area contributed by atoms with Crippen LogP contribution in [0.5, 0.6) is 0 Å². The van der Waals surface area contributed by atoms with Crippen molar-refractivity contribution in [3.05, 3.63) is 0 Å². The van der Waals surface area contributed by atoms with E-state index in [-0.39, 0.29) is 5.91 Å². The van der Waals surface area contributed by atoms with Crippen molar-refractivity contribution in [2.45, 2.75) is 19.8 Å². The SMILES string of the molecule is CC(CCN)C1CC(=O)N(C)C1. The molecule has 2 unspecified atom stereocenters. The van der Waals surface area contributed by atoms with Crippen LogP contribution in [-0.4, -0.2) is 30.9 Å². The highest BCUT2D eigenvalue weighted by Gasteiger charge is 2.29. The first-order valence-corrected chi connectivity index (χ1v) is 4.59. The summed E-state index contributed by atoms with van der Waals surface area (Å²) in [6, 6.07) is 0. The topological polar surface area (TPSA) is 46.3 Å².